The lowest BCUT2D eigenvalue weighted by atomic mass is 10.1. The highest BCUT2D eigenvalue weighted by Gasteiger charge is 2.26. The van der Waals surface area contributed by atoms with Crippen molar-refractivity contribution >= 4 is 22.6 Å². The molecule has 0 saturated heterocycles. The average Bonchev–Trinajstić information content (AvgIpc) is 2.75. The molecule has 3 aromatic rings. The number of hydrogen-bond donors (Lipinski definition) is 1. The Kier molecular flexibility index (Phi) is 6.44. The summed E-state index contributed by atoms with van der Waals surface area (Å²) in [4.78, 5) is 26.4. The molecule has 1 atom stereocenters. The maximum absolute atomic E-state index is 14.1. The van der Waals surface area contributed by atoms with E-state index >= 15 is 0 Å². The van der Waals surface area contributed by atoms with Crippen molar-refractivity contribution in [3.05, 3.63) is 78.1 Å². The number of ether oxygens (including phenoxy) is 1. The maximum Gasteiger partial charge on any atom is 0.261 e. The normalized spacial score (nSPS) is 11.7. The third-order valence-electron chi connectivity index (χ3n) is 4.81. The summed E-state index contributed by atoms with van der Waals surface area (Å²) in [5, 5.41) is 4.42. The van der Waals surface area contributed by atoms with Gasteiger partial charge in [-0.1, -0.05) is 54.6 Å². The van der Waals surface area contributed by atoms with Crippen LogP contribution in [0.5, 0.6) is 5.75 Å². The Morgan fingerprint density at radius 2 is 1.72 bits per heavy atom. The summed E-state index contributed by atoms with van der Waals surface area (Å²) < 4.78 is 19.9. The molecule has 3 aromatic carbocycles. The Bertz CT molecular complexity index is 1020. The van der Waals surface area contributed by atoms with E-state index in [0.29, 0.717) is 11.3 Å². The molecule has 0 bridgehead atoms. The fraction of sp³-hybridized carbons (Fsp3) is 0.217. The maximum atomic E-state index is 14.1. The Labute approximate surface area is 169 Å². The van der Waals surface area contributed by atoms with Crippen molar-refractivity contribution in [2.75, 3.05) is 13.7 Å². The van der Waals surface area contributed by atoms with Crippen LogP contribution in [0.15, 0.2) is 66.7 Å². The molecule has 0 unspecified atom stereocenters. The van der Waals surface area contributed by atoms with Crippen LogP contribution in [-0.4, -0.2) is 36.4 Å². The van der Waals surface area contributed by atoms with Gasteiger partial charge in [0.15, 0.2) is 6.61 Å². The van der Waals surface area contributed by atoms with E-state index < -0.39 is 17.8 Å². The van der Waals surface area contributed by atoms with E-state index in [0.717, 1.165) is 10.8 Å². The van der Waals surface area contributed by atoms with Crippen molar-refractivity contribution < 1.29 is 18.7 Å². The first-order chi connectivity index (χ1) is 14.0. The molecule has 29 heavy (non-hydrogen) atoms. The van der Waals surface area contributed by atoms with Crippen LogP contribution in [0.3, 0.4) is 0 Å². The van der Waals surface area contributed by atoms with E-state index in [9.17, 15) is 14.0 Å². The standard InChI is InChI=1S/C23H23FN2O3/c1-16(23(28)25-2)26(14-18-9-4-6-12-20(18)24)22(27)15-29-21-13-7-10-17-8-3-5-11-19(17)21/h3-13,16H,14-15H2,1-2H3,(H,25,28)/t16-/m0/s1. The second-order valence-corrected chi connectivity index (χ2v) is 6.67. The number of carbonyl (C=O) groups excluding carboxylic acids is 2. The summed E-state index contributed by atoms with van der Waals surface area (Å²) in [5.41, 5.74) is 0.335. The minimum absolute atomic E-state index is 0.0288. The molecule has 5 nitrogen and oxygen atoms in total. The largest absolute Gasteiger partial charge is 0.483 e. The molecule has 0 heterocycles. The van der Waals surface area contributed by atoms with Crippen LogP contribution in [0.25, 0.3) is 10.8 Å². The van der Waals surface area contributed by atoms with Crippen LogP contribution in [-0.2, 0) is 16.1 Å². The van der Waals surface area contributed by atoms with Gasteiger partial charge in [-0.25, -0.2) is 4.39 Å². The Balaban J connectivity index is 1.80. The molecule has 0 aliphatic rings. The first kappa shape index (κ1) is 20.3. The monoisotopic (exact) mass is 394 g/mol. The van der Waals surface area contributed by atoms with Gasteiger partial charge in [-0.15, -0.1) is 0 Å². The summed E-state index contributed by atoms with van der Waals surface area (Å²) >= 11 is 0. The van der Waals surface area contributed by atoms with Gasteiger partial charge in [0.1, 0.15) is 17.6 Å². The topological polar surface area (TPSA) is 58.6 Å². The van der Waals surface area contributed by atoms with Gasteiger partial charge in [0.25, 0.3) is 5.91 Å². The molecule has 0 saturated carbocycles. The number of benzene rings is 3. The van der Waals surface area contributed by atoms with Gasteiger partial charge in [0, 0.05) is 24.5 Å². The molecule has 0 aliphatic heterocycles. The van der Waals surface area contributed by atoms with E-state index in [1.165, 1.54) is 18.0 Å². The van der Waals surface area contributed by atoms with Gasteiger partial charge in [-0.2, -0.15) is 0 Å². The highest BCUT2D eigenvalue weighted by atomic mass is 19.1. The molecular formula is C23H23FN2O3. The quantitative estimate of drug-likeness (QED) is 0.667. The summed E-state index contributed by atoms with van der Waals surface area (Å²) in [5.74, 6) is -0.587. The fourth-order valence-corrected chi connectivity index (χ4v) is 3.15. The van der Waals surface area contributed by atoms with Crippen LogP contribution in [0, 0.1) is 5.82 Å². The number of fused-ring (bicyclic) bond motifs is 1. The van der Waals surface area contributed by atoms with Crippen molar-refractivity contribution in [1.29, 1.82) is 0 Å². The van der Waals surface area contributed by atoms with Crippen molar-refractivity contribution in [3.8, 4) is 5.75 Å². The van der Waals surface area contributed by atoms with Crippen LogP contribution in [0.1, 0.15) is 12.5 Å². The molecule has 0 spiro atoms. The number of likely N-dealkylation sites (N-methyl/N-ethyl adjacent to an activating group) is 1. The summed E-state index contributed by atoms with van der Waals surface area (Å²) in [6.45, 7) is 1.32. The zero-order valence-corrected chi connectivity index (χ0v) is 16.4. The first-order valence-corrected chi connectivity index (χ1v) is 9.36. The van der Waals surface area contributed by atoms with Crippen molar-refractivity contribution in [2.45, 2.75) is 19.5 Å². The number of hydrogen-bond acceptors (Lipinski definition) is 3. The van der Waals surface area contributed by atoms with E-state index in [1.54, 1.807) is 31.2 Å². The van der Waals surface area contributed by atoms with E-state index in [-0.39, 0.29) is 19.1 Å². The lowest BCUT2D eigenvalue weighted by Crippen LogP contribution is -2.48. The first-order valence-electron chi connectivity index (χ1n) is 9.36. The molecule has 1 N–H and O–H groups in total. The van der Waals surface area contributed by atoms with E-state index in [2.05, 4.69) is 5.32 Å². The smallest absolute Gasteiger partial charge is 0.261 e. The lowest BCUT2D eigenvalue weighted by Gasteiger charge is -2.28. The van der Waals surface area contributed by atoms with Gasteiger partial charge in [0.05, 0.1) is 0 Å². The van der Waals surface area contributed by atoms with Crippen molar-refractivity contribution in [1.82, 2.24) is 10.2 Å². The molecule has 150 valence electrons. The third-order valence-corrected chi connectivity index (χ3v) is 4.81. The third kappa shape index (κ3) is 4.71. The summed E-state index contributed by atoms with van der Waals surface area (Å²) in [6, 6.07) is 18.7. The molecule has 0 fully saturated rings. The SMILES string of the molecule is CNC(=O)[C@H](C)N(Cc1ccccc1F)C(=O)COc1cccc2ccccc12. The minimum atomic E-state index is -0.775. The van der Waals surface area contributed by atoms with E-state index in [1.807, 2.05) is 36.4 Å². The molecule has 0 aliphatic carbocycles. The van der Waals surface area contributed by atoms with Crippen LogP contribution < -0.4 is 10.1 Å². The van der Waals surface area contributed by atoms with Crippen LogP contribution >= 0.6 is 0 Å². The van der Waals surface area contributed by atoms with Gasteiger partial charge in [0.2, 0.25) is 5.91 Å². The molecule has 0 radical (unpaired) electrons. The Morgan fingerprint density at radius 1 is 1.03 bits per heavy atom. The van der Waals surface area contributed by atoms with Gasteiger partial charge < -0.3 is 15.0 Å². The van der Waals surface area contributed by atoms with Crippen LogP contribution in [0.2, 0.25) is 0 Å². The lowest BCUT2D eigenvalue weighted by molar-refractivity contribution is -0.142. The molecule has 2 amide bonds. The number of carbonyl (C=O) groups is 2. The molecular weight excluding hydrogens is 371 g/mol. The zero-order valence-electron chi connectivity index (χ0n) is 16.4. The van der Waals surface area contributed by atoms with Gasteiger partial charge in [-0.05, 0) is 24.4 Å². The molecule has 6 heteroatoms. The second kappa shape index (κ2) is 9.19. The predicted molar refractivity (Wildman–Crippen MR) is 110 cm³/mol. The van der Waals surface area contributed by atoms with E-state index in [4.69, 9.17) is 4.74 Å². The number of nitrogens with one attached hydrogen (secondary N) is 1. The second-order valence-electron chi connectivity index (χ2n) is 6.67. The Hall–Kier alpha value is -3.41. The summed E-state index contributed by atoms with van der Waals surface area (Å²) in [6.07, 6.45) is 0. The van der Waals surface area contributed by atoms with Crippen molar-refractivity contribution in [2.24, 2.45) is 0 Å². The number of nitrogens with zero attached hydrogens (tertiary/aromatic N) is 1. The number of rotatable bonds is 7. The van der Waals surface area contributed by atoms with Gasteiger partial charge in [-0.3, -0.25) is 9.59 Å². The Morgan fingerprint density at radius 3 is 2.48 bits per heavy atom. The van der Waals surface area contributed by atoms with Gasteiger partial charge >= 0.3 is 0 Å². The zero-order chi connectivity index (χ0) is 20.8. The number of amides is 2. The minimum Gasteiger partial charge on any atom is -0.483 e. The predicted octanol–water partition coefficient (Wildman–Crippen LogP) is 3.52. The number of halogens is 1. The summed E-state index contributed by atoms with van der Waals surface area (Å²) in [7, 11) is 1.50. The average molecular weight is 394 g/mol. The highest BCUT2D eigenvalue weighted by molar-refractivity contribution is 5.90. The van der Waals surface area contributed by atoms with Crippen molar-refractivity contribution in [3.63, 3.8) is 0 Å². The fourth-order valence-electron chi connectivity index (χ4n) is 3.15. The highest BCUT2D eigenvalue weighted by Crippen LogP contribution is 2.25. The molecule has 3 rings (SSSR count). The van der Waals surface area contributed by atoms with Crippen LogP contribution in [0.4, 0.5) is 4.39 Å². The molecule has 0 aromatic heterocycles.